The van der Waals surface area contributed by atoms with Gasteiger partial charge in [0.1, 0.15) is 5.51 Å². The van der Waals surface area contributed by atoms with E-state index in [4.69, 9.17) is 4.98 Å². The molecule has 0 bridgehead atoms. The number of carbonyl (C=O) groups is 1. The Hall–Kier alpha value is -2.54. The molecule has 1 aliphatic rings. The molecule has 1 aromatic carbocycles. The topological polar surface area (TPSA) is 71.0 Å². The number of carbonyl (C=O) groups excluding carboxylic acids is 1. The van der Waals surface area contributed by atoms with Gasteiger partial charge in [-0.1, -0.05) is 42.9 Å². The highest BCUT2D eigenvalue weighted by Gasteiger charge is 2.26. The molecule has 2 aromatic heterocycles. The first-order chi connectivity index (χ1) is 13.2. The van der Waals surface area contributed by atoms with Crippen LogP contribution in [0.3, 0.4) is 0 Å². The smallest absolute Gasteiger partial charge is 0.229 e. The summed E-state index contributed by atoms with van der Waals surface area (Å²) in [6.45, 7) is 3.92. The number of hydrogen-bond donors (Lipinski definition) is 1. The summed E-state index contributed by atoms with van der Waals surface area (Å²) in [6.07, 6.45) is 3.74. The highest BCUT2D eigenvalue weighted by Crippen LogP contribution is 2.31. The van der Waals surface area contributed by atoms with Gasteiger partial charge in [0.05, 0.1) is 5.52 Å². The quantitative estimate of drug-likeness (QED) is 0.726. The minimum absolute atomic E-state index is 0.0216. The van der Waals surface area contributed by atoms with Gasteiger partial charge in [-0.2, -0.15) is 0 Å². The first-order valence-electron chi connectivity index (χ1n) is 9.45. The Morgan fingerprint density at radius 1 is 1.30 bits per heavy atom. The maximum absolute atomic E-state index is 12.5. The molecule has 0 atom stereocenters. The van der Waals surface area contributed by atoms with Gasteiger partial charge in [-0.05, 0) is 31.4 Å². The van der Waals surface area contributed by atoms with Crippen molar-refractivity contribution < 1.29 is 4.79 Å². The number of rotatable bonds is 5. The fraction of sp³-hybridized carbons (Fsp3) is 0.400. The number of piperidine rings is 1. The highest BCUT2D eigenvalue weighted by atomic mass is 32.1. The fourth-order valence-corrected chi connectivity index (χ4v) is 4.12. The van der Waals surface area contributed by atoms with Gasteiger partial charge in [0.2, 0.25) is 11.0 Å². The number of aromatic nitrogens is 3. The molecule has 3 heterocycles. The molecule has 6 nitrogen and oxygen atoms in total. The molecule has 0 aliphatic carbocycles. The molecular formula is C20H23N5OS. The van der Waals surface area contributed by atoms with Crippen LogP contribution in [-0.2, 0) is 11.2 Å². The SMILES string of the molecule is CCCc1cc(N2CCC(C(=O)Nc3nncs3)CC2)c2ccccc2n1. The largest absolute Gasteiger partial charge is 0.371 e. The van der Waals surface area contributed by atoms with E-state index in [-0.39, 0.29) is 11.8 Å². The van der Waals surface area contributed by atoms with Gasteiger partial charge in [0.25, 0.3) is 0 Å². The number of benzene rings is 1. The first kappa shape index (κ1) is 17.9. The van der Waals surface area contributed by atoms with Crippen molar-refractivity contribution in [2.24, 2.45) is 5.92 Å². The maximum Gasteiger partial charge on any atom is 0.229 e. The van der Waals surface area contributed by atoms with Gasteiger partial charge in [0, 0.05) is 35.8 Å². The van der Waals surface area contributed by atoms with Crippen molar-refractivity contribution in [1.82, 2.24) is 15.2 Å². The third-order valence-electron chi connectivity index (χ3n) is 5.05. The zero-order valence-electron chi connectivity index (χ0n) is 15.4. The number of anilines is 2. The van der Waals surface area contributed by atoms with Crippen molar-refractivity contribution in [3.05, 3.63) is 41.5 Å². The number of hydrogen-bond acceptors (Lipinski definition) is 6. The Bertz CT molecular complexity index is 919. The van der Waals surface area contributed by atoms with E-state index in [9.17, 15) is 4.79 Å². The maximum atomic E-state index is 12.5. The summed E-state index contributed by atoms with van der Waals surface area (Å²) in [7, 11) is 0. The zero-order chi connectivity index (χ0) is 18.6. The Balaban J connectivity index is 1.50. The lowest BCUT2D eigenvalue weighted by molar-refractivity contribution is -0.120. The number of nitrogens with zero attached hydrogens (tertiary/aromatic N) is 4. The molecule has 1 fully saturated rings. The van der Waals surface area contributed by atoms with E-state index >= 15 is 0 Å². The summed E-state index contributed by atoms with van der Waals surface area (Å²) in [6, 6.07) is 10.6. The minimum Gasteiger partial charge on any atom is -0.371 e. The molecule has 27 heavy (non-hydrogen) atoms. The number of aryl methyl sites for hydroxylation is 1. The molecule has 1 saturated heterocycles. The summed E-state index contributed by atoms with van der Waals surface area (Å²) < 4.78 is 0. The molecular weight excluding hydrogens is 358 g/mol. The first-order valence-corrected chi connectivity index (χ1v) is 10.3. The van der Waals surface area contributed by atoms with Crippen LogP contribution < -0.4 is 10.2 Å². The second-order valence-electron chi connectivity index (χ2n) is 6.89. The molecule has 140 valence electrons. The van der Waals surface area contributed by atoms with Crippen molar-refractivity contribution in [2.45, 2.75) is 32.6 Å². The molecule has 1 amide bonds. The Kier molecular flexibility index (Phi) is 5.29. The summed E-state index contributed by atoms with van der Waals surface area (Å²) in [5.41, 5.74) is 5.06. The second kappa shape index (κ2) is 8.00. The monoisotopic (exact) mass is 381 g/mol. The van der Waals surface area contributed by atoms with Gasteiger partial charge in [-0.15, -0.1) is 10.2 Å². The third kappa shape index (κ3) is 3.93. The van der Waals surface area contributed by atoms with Crippen LogP contribution in [0.1, 0.15) is 31.9 Å². The standard InChI is InChI=1S/C20H23N5OS/c1-2-5-15-12-18(16-6-3-4-7-17(16)22-15)25-10-8-14(9-11-25)19(26)23-20-24-21-13-27-20/h3-4,6-7,12-14H,2,5,8-11H2,1H3,(H,23,24,26). The van der Waals surface area contributed by atoms with Crippen LogP contribution in [0.15, 0.2) is 35.8 Å². The van der Waals surface area contributed by atoms with Crippen LogP contribution in [0, 0.1) is 5.92 Å². The van der Waals surface area contributed by atoms with Crippen LogP contribution in [0.5, 0.6) is 0 Å². The van der Waals surface area contributed by atoms with Gasteiger partial charge in [-0.3, -0.25) is 9.78 Å². The van der Waals surface area contributed by atoms with Gasteiger partial charge in [0.15, 0.2) is 0 Å². The molecule has 0 unspecified atom stereocenters. The normalized spacial score (nSPS) is 15.2. The lowest BCUT2D eigenvalue weighted by atomic mass is 9.95. The van der Waals surface area contributed by atoms with Crippen LogP contribution in [0.4, 0.5) is 10.8 Å². The van der Waals surface area contributed by atoms with Crippen LogP contribution in [0.25, 0.3) is 10.9 Å². The van der Waals surface area contributed by atoms with E-state index in [1.54, 1.807) is 5.51 Å². The molecule has 0 radical (unpaired) electrons. The number of nitrogens with one attached hydrogen (secondary N) is 1. The lowest BCUT2D eigenvalue weighted by Crippen LogP contribution is -2.38. The molecule has 0 spiro atoms. The van der Waals surface area contributed by atoms with E-state index < -0.39 is 0 Å². The average Bonchev–Trinajstić information content (AvgIpc) is 3.21. The van der Waals surface area contributed by atoms with Crippen molar-refractivity contribution in [3.8, 4) is 0 Å². The predicted molar refractivity (Wildman–Crippen MR) is 109 cm³/mol. The van der Waals surface area contributed by atoms with Crippen molar-refractivity contribution >= 4 is 39.0 Å². The van der Waals surface area contributed by atoms with Crippen LogP contribution in [-0.4, -0.2) is 34.2 Å². The van der Waals surface area contributed by atoms with Gasteiger partial charge in [-0.25, -0.2) is 0 Å². The number of pyridine rings is 1. The number of amides is 1. The fourth-order valence-electron chi connectivity index (χ4n) is 3.67. The van der Waals surface area contributed by atoms with Crippen molar-refractivity contribution in [1.29, 1.82) is 0 Å². The number of fused-ring (bicyclic) bond motifs is 1. The predicted octanol–water partition coefficient (Wildman–Crippen LogP) is 3.89. The molecule has 3 aromatic rings. The van der Waals surface area contributed by atoms with Crippen molar-refractivity contribution in [3.63, 3.8) is 0 Å². The minimum atomic E-state index is 0.0216. The third-order valence-corrected chi connectivity index (χ3v) is 5.66. The van der Waals surface area contributed by atoms with E-state index in [0.717, 1.165) is 50.0 Å². The molecule has 4 rings (SSSR count). The van der Waals surface area contributed by atoms with E-state index in [2.05, 4.69) is 51.6 Å². The molecule has 1 N–H and O–H groups in total. The highest BCUT2D eigenvalue weighted by molar-refractivity contribution is 7.13. The summed E-state index contributed by atoms with van der Waals surface area (Å²) in [5, 5.41) is 12.3. The summed E-state index contributed by atoms with van der Waals surface area (Å²) in [4.78, 5) is 19.7. The van der Waals surface area contributed by atoms with E-state index in [1.165, 1.54) is 22.4 Å². The van der Waals surface area contributed by atoms with E-state index in [0.29, 0.717) is 5.13 Å². The van der Waals surface area contributed by atoms with Crippen molar-refractivity contribution in [2.75, 3.05) is 23.3 Å². The Morgan fingerprint density at radius 2 is 2.11 bits per heavy atom. The zero-order valence-corrected chi connectivity index (χ0v) is 16.2. The molecule has 0 saturated carbocycles. The van der Waals surface area contributed by atoms with E-state index in [1.807, 2.05) is 6.07 Å². The second-order valence-corrected chi connectivity index (χ2v) is 7.73. The number of para-hydroxylation sites is 1. The Labute approximate surface area is 162 Å². The summed E-state index contributed by atoms with van der Waals surface area (Å²) in [5.74, 6) is 0.0750. The molecule has 1 aliphatic heterocycles. The average molecular weight is 382 g/mol. The van der Waals surface area contributed by atoms with Crippen LogP contribution >= 0.6 is 11.3 Å². The summed E-state index contributed by atoms with van der Waals surface area (Å²) >= 11 is 1.35. The lowest BCUT2D eigenvalue weighted by Gasteiger charge is -2.33. The Morgan fingerprint density at radius 3 is 2.85 bits per heavy atom. The van der Waals surface area contributed by atoms with Crippen LogP contribution in [0.2, 0.25) is 0 Å². The molecule has 7 heteroatoms. The van der Waals surface area contributed by atoms with Gasteiger partial charge >= 0.3 is 0 Å². The van der Waals surface area contributed by atoms with Gasteiger partial charge < -0.3 is 10.2 Å².